The quantitative estimate of drug-likeness (QED) is 0.349. The zero-order valence-corrected chi connectivity index (χ0v) is 21.3. The molecule has 0 unspecified atom stereocenters. The molecule has 0 bridgehead atoms. The number of pyridine rings is 1. The summed E-state index contributed by atoms with van der Waals surface area (Å²) in [5, 5.41) is 0. The van der Waals surface area contributed by atoms with E-state index in [1.165, 1.54) is 22.3 Å². The van der Waals surface area contributed by atoms with E-state index in [1.807, 2.05) is 6.20 Å². The first-order chi connectivity index (χ1) is 15.2. The molecule has 0 radical (unpaired) electrons. The molecule has 170 valence electrons. The SMILES string of the molecule is CC(C)C(c1cc(-c2ccnc(-c3ccccc3)c2)cc(C(C(C)C)C(C)C)c1)C(C)C. The van der Waals surface area contributed by atoms with Crippen molar-refractivity contribution in [1.29, 1.82) is 0 Å². The second kappa shape index (κ2) is 10.5. The summed E-state index contributed by atoms with van der Waals surface area (Å²) in [6, 6.07) is 22.3. The molecule has 32 heavy (non-hydrogen) atoms. The van der Waals surface area contributed by atoms with Crippen LogP contribution < -0.4 is 0 Å². The molecule has 0 aliphatic carbocycles. The van der Waals surface area contributed by atoms with Crippen LogP contribution in [0.25, 0.3) is 22.4 Å². The smallest absolute Gasteiger partial charge is 0.0708 e. The Bertz CT molecular complexity index is 944. The molecule has 0 atom stereocenters. The highest BCUT2D eigenvalue weighted by Gasteiger charge is 2.25. The predicted molar refractivity (Wildman–Crippen MR) is 140 cm³/mol. The van der Waals surface area contributed by atoms with Gasteiger partial charge in [0.1, 0.15) is 0 Å². The van der Waals surface area contributed by atoms with Gasteiger partial charge in [0.05, 0.1) is 5.69 Å². The van der Waals surface area contributed by atoms with Gasteiger partial charge in [-0.1, -0.05) is 104 Å². The first kappa shape index (κ1) is 24.2. The summed E-state index contributed by atoms with van der Waals surface area (Å²) in [6.45, 7) is 18.9. The summed E-state index contributed by atoms with van der Waals surface area (Å²) in [4.78, 5) is 4.66. The van der Waals surface area contributed by atoms with Crippen molar-refractivity contribution in [2.24, 2.45) is 23.7 Å². The van der Waals surface area contributed by atoms with Gasteiger partial charge in [0.25, 0.3) is 0 Å². The first-order valence-electron chi connectivity index (χ1n) is 12.4. The van der Waals surface area contributed by atoms with Crippen molar-refractivity contribution in [1.82, 2.24) is 4.98 Å². The van der Waals surface area contributed by atoms with E-state index in [0.717, 1.165) is 11.3 Å². The highest BCUT2D eigenvalue weighted by Crippen LogP contribution is 2.40. The topological polar surface area (TPSA) is 12.9 Å². The van der Waals surface area contributed by atoms with E-state index in [2.05, 4.69) is 121 Å². The third-order valence-electron chi connectivity index (χ3n) is 6.78. The van der Waals surface area contributed by atoms with Crippen molar-refractivity contribution in [3.8, 4) is 22.4 Å². The minimum atomic E-state index is 0.545. The fourth-order valence-corrected chi connectivity index (χ4v) is 5.68. The number of aromatic nitrogens is 1. The lowest BCUT2D eigenvalue weighted by atomic mass is 9.75. The standard InChI is InChI=1S/C31H41N/c1-20(2)30(21(3)4)27-16-26(17-28(18-27)31(22(5)6)23(7)8)25-14-15-32-29(19-25)24-12-10-9-11-13-24/h9-23,30-31H,1-8H3. The van der Waals surface area contributed by atoms with Crippen LogP contribution >= 0.6 is 0 Å². The number of hydrogen-bond donors (Lipinski definition) is 0. The summed E-state index contributed by atoms with van der Waals surface area (Å²) in [5.41, 5.74) is 7.71. The van der Waals surface area contributed by atoms with Gasteiger partial charge in [-0.15, -0.1) is 0 Å². The molecular weight excluding hydrogens is 386 g/mol. The molecule has 3 aromatic rings. The Balaban J connectivity index is 2.19. The van der Waals surface area contributed by atoms with Gasteiger partial charge in [-0.2, -0.15) is 0 Å². The number of nitrogens with zero attached hydrogens (tertiary/aromatic N) is 1. The van der Waals surface area contributed by atoms with E-state index in [4.69, 9.17) is 0 Å². The maximum absolute atomic E-state index is 4.66. The third-order valence-corrected chi connectivity index (χ3v) is 6.78. The Morgan fingerprint density at radius 1 is 0.500 bits per heavy atom. The highest BCUT2D eigenvalue weighted by atomic mass is 14.7. The predicted octanol–water partition coefficient (Wildman–Crippen LogP) is 9.21. The van der Waals surface area contributed by atoms with Gasteiger partial charge in [-0.3, -0.25) is 4.98 Å². The summed E-state index contributed by atoms with van der Waals surface area (Å²) in [7, 11) is 0. The van der Waals surface area contributed by atoms with Gasteiger partial charge in [0.15, 0.2) is 0 Å². The Morgan fingerprint density at radius 2 is 1.00 bits per heavy atom. The van der Waals surface area contributed by atoms with E-state index in [9.17, 15) is 0 Å². The Kier molecular flexibility index (Phi) is 7.93. The number of benzene rings is 2. The Hall–Kier alpha value is -2.41. The minimum absolute atomic E-state index is 0.545. The molecule has 1 heteroatoms. The van der Waals surface area contributed by atoms with Crippen LogP contribution in [-0.4, -0.2) is 4.98 Å². The average molecular weight is 428 g/mol. The van der Waals surface area contributed by atoms with Crippen LogP contribution in [-0.2, 0) is 0 Å². The lowest BCUT2D eigenvalue weighted by molar-refractivity contribution is 0.378. The molecule has 2 aromatic carbocycles. The van der Waals surface area contributed by atoms with Crippen LogP contribution in [0.15, 0.2) is 66.9 Å². The van der Waals surface area contributed by atoms with Gasteiger partial charge in [0.2, 0.25) is 0 Å². The second-order valence-corrected chi connectivity index (χ2v) is 10.7. The van der Waals surface area contributed by atoms with Crippen LogP contribution in [0.4, 0.5) is 0 Å². The molecule has 0 saturated heterocycles. The third kappa shape index (κ3) is 5.49. The van der Waals surface area contributed by atoms with Crippen LogP contribution in [0.2, 0.25) is 0 Å². The minimum Gasteiger partial charge on any atom is -0.256 e. The Labute approximate surface area is 196 Å². The van der Waals surface area contributed by atoms with E-state index in [-0.39, 0.29) is 0 Å². The van der Waals surface area contributed by atoms with Crippen LogP contribution in [0.5, 0.6) is 0 Å². The van der Waals surface area contributed by atoms with Gasteiger partial charge < -0.3 is 0 Å². The van der Waals surface area contributed by atoms with Crippen molar-refractivity contribution in [2.75, 3.05) is 0 Å². The molecule has 0 aliphatic heterocycles. The summed E-state index contributed by atoms with van der Waals surface area (Å²) in [6.07, 6.45) is 1.95. The second-order valence-electron chi connectivity index (χ2n) is 10.7. The molecule has 3 rings (SSSR count). The van der Waals surface area contributed by atoms with Crippen molar-refractivity contribution >= 4 is 0 Å². The van der Waals surface area contributed by atoms with Crippen molar-refractivity contribution in [2.45, 2.75) is 67.2 Å². The molecule has 1 heterocycles. The van der Waals surface area contributed by atoms with E-state index >= 15 is 0 Å². The summed E-state index contributed by atoms with van der Waals surface area (Å²) >= 11 is 0. The summed E-state index contributed by atoms with van der Waals surface area (Å²) < 4.78 is 0. The normalized spacial score (nSPS) is 12.2. The molecular formula is C31H41N. The molecule has 0 saturated carbocycles. The zero-order valence-electron chi connectivity index (χ0n) is 21.3. The zero-order chi connectivity index (χ0) is 23.4. The highest BCUT2D eigenvalue weighted by molar-refractivity contribution is 5.71. The molecule has 1 nitrogen and oxygen atoms in total. The maximum atomic E-state index is 4.66. The first-order valence-corrected chi connectivity index (χ1v) is 12.4. The molecule has 0 aliphatic rings. The van der Waals surface area contributed by atoms with E-state index in [0.29, 0.717) is 35.5 Å². The lowest BCUT2D eigenvalue weighted by Gasteiger charge is -2.30. The molecule has 0 amide bonds. The number of hydrogen-bond acceptors (Lipinski definition) is 1. The van der Waals surface area contributed by atoms with Gasteiger partial charge in [-0.25, -0.2) is 0 Å². The van der Waals surface area contributed by atoms with E-state index in [1.54, 1.807) is 0 Å². The largest absolute Gasteiger partial charge is 0.256 e. The maximum Gasteiger partial charge on any atom is 0.0708 e. The van der Waals surface area contributed by atoms with Crippen molar-refractivity contribution < 1.29 is 0 Å². The number of rotatable bonds is 8. The average Bonchev–Trinajstić information content (AvgIpc) is 2.73. The van der Waals surface area contributed by atoms with Gasteiger partial charge >= 0.3 is 0 Å². The molecule has 0 N–H and O–H groups in total. The van der Waals surface area contributed by atoms with Gasteiger partial charge in [0, 0.05) is 11.8 Å². The van der Waals surface area contributed by atoms with Crippen LogP contribution in [0.3, 0.4) is 0 Å². The van der Waals surface area contributed by atoms with Crippen LogP contribution in [0.1, 0.15) is 78.4 Å². The fourth-order valence-electron chi connectivity index (χ4n) is 5.68. The summed E-state index contributed by atoms with van der Waals surface area (Å²) in [5.74, 6) is 3.51. The van der Waals surface area contributed by atoms with Crippen molar-refractivity contribution in [3.05, 3.63) is 78.0 Å². The van der Waals surface area contributed by atoms with Crippen molar-refractivity contribution in [3.63, 3.8) is 0 Å². The molecule has 0 spiro atoms. The van der Waals surface area contributed by atoms with Gasteiger partial charge in [-0.05, 0) is 69.9 Å². The van der Waals surface area contributed by atoms with E-state index < -0.39 is 0 Å². The fraction of sp³-hybridized carbons (Fsp3) is 0.452. The van der Waals surface area contributed by atoms with Crippen LogP contribution in [0, 0.1) is 23.7 Å². The molecule has 0 fully saturated rings. The Morgan fingerprint density at radius 3 is 1.47 bits per heavy atom. The lowest BCUT2D eigenvalue weighted by Crippen LogP contribution is -2.17. The monoisotopic (exact) mass is 427 g/mol. The molecule has 1 aromatic heterocycles.